The van der Waals surface area contributed by atoms with E-state index in [4.69, 9.17) is 0 Å². The van der Waals surface area contributed by atoms with Crippen molar-refractivity contribution in [1.29, 1.82) is 0 Å². The number of tetrazole rings is 1. The monoisotopic (exact) mass is 208 g/mol. The van der Waals surface area contributed by atoms with Gasteiger partial charge in [-0.25, -0.2) is 4.98 Å². The number of hydrogen-bond acceptors (Lipinski definition) is 5. The van der Waals surface area contributed by atoms with E-state index >= 15 is 0 Å². The molecular formula is C8H9FN6. The first-order valence-corrected chi connectivity index (χ1v) is 4.38. The number of nitrogens with one attached hydrogen (secondary N) is 2. The summed E-state index contributed by atoms with van der Waals surface area (Å²) in [5.41, 5.74) is 0. The lowest BCUT2D eigenvalue weighted by Gasteiger charge is -2.09. The van der Waals surface area contributed by atoms with Crippen molar-refractivity contribution in [3.05, 3.63) is 30.0 Å². The number of aromatic nitrogens is 5. The molecule has 2 aromatic heterocycles. The van der Waals surface area contributed by atoms with Crippen LogP contribution in [-0.2, 0) is 0 Å². The van der Waals surface area contributed by atoms with Crippen molar-refractivity contribution in [1.82, 2.24) is 25.6 Å². The second-order valence-electron chi connectivity index (χ2n) is 2.98. The largest absolute Gasteiger partial charge is 0.360 e. The Morgan fingerprint density at radius 2 is 2.33 bits per heavy atom. The number of anilines is 1. The summed E-state index contributed by atoms with van der Waals surface area (Å²) in [4.78, 5) is 3.66. The third-order valence-corrected chi connectivity index (χ3v) is 1.83. The van der Waals surface area contributed by atoms with Crippen LogP contribution in [0.5, 0.6) is 0 Å². The Kier molecular flexibility index (Phi) is 2.53. The van der Waals surface area contributed by atoms with Crippen molar-refractivity contribution in [2.24, 2.45) is 0 Å². The Morgan fingerprint density at radius 3 is 3.00 bits per heavy atom. The molecule has 0 radical (unpaired) electrons. The number of nitrogens with zero attached hydrogens (tertiary/aromatic N) is 4. The van der Waals surface area contributed by atoms with Gasteiger partial charge in [-0.3, -0.25) is 0 Å². The van der Waals surface area contributed by atoms with E-state index in [0.717, 1.165) is 0 Å². The topological polar surface area (TPSA) is 79.4 Å². The minimum atomic E-state index is -0.527. The minimum absolute atomic E-state index is 0.182. The molecule has 6 nitrogen and oxygen atoms in total. The Hall–Kier alpha value is -2.05. The van der Waals surface area contributed by atoms with Crippen molar-refractivity contribution < 1.29 is 4.39 Å². The van der Waals surface area contributed by atoms with Crippen LogP contribution in [-0.4, -0.2) is 25.6 Å². The Labute approximate surface area is 84.9 Å². The molecule has 0 aliphatic carbocycles. The van der Waals surface area contributed by atoms with E-state index in [9.17, 15) is 4.39 Å². The molecule has 0 saturated carbocycles. The smallest absolute Gasteiger partial charge is 0.214 e. The van der Waals surface area contributed by atoms with Crippen LogP contribution in [0.4, 0.5) is 10.2 Å². The average molecular weight is 208 g/mol. The summed E-state index contributed by atoms with van der Waals surface area (Å²) in [6.07, 6.45) is 0. The first kappa shape index (κ1) is 9.50. The van der Waals surface area contributed by atoms with Crippen LogP contribution in [0.15, 0.2) is 18.2 Å². The van der Waals surface area contributed by atoms with Crippen LogP contribution >= 0.6 is 0 Å². The van der Waals surface area contributed by atoms with Crippen LogP contribution in [0.2, 0.25) is 0 Å². The van der Waals surface area contributed by atoms with E-state index in [1.807, 2.05) is 6.92 Å². The molecule has 0 bridgehead atoms. The summed E-state index contributed by atoms with van der Waals surface area (Å²) in [6, 6.07) is 4.34. The quantitative estimate of drug-likeness (QED) is 0.733. The molecule has 1 unspecified atom stereocenters. The number of hydrogen-bond donors (Lipinski definition) is 2. The van der Waals surface area contributed by atoms with Gasteiger partial charge < -0.3 is 5.32 Å². The summed E-state index contributed by atoms with van der Waals surface area (Å²) < 4.78 is 12.8. The predicted molar refractivity (Wildman–Crippen MR) is 50.4 cm³/mol. The highest BCUT2D eigenvalue weighted by Crippen LogP contribution is 2.12. The molecule has 15 heavy (non-hydrogen) atoms. The Bertz CT molecular complexity index is 428. The number of H-pyrrole nitrogens is 1. The van der Waals surface area contributed by atoms with E-state index in [-0.39, 0.29) is 6.04 Å². The molecule has 1 atom stereocenters. The maximum atomic E-state index is 12.8. The average Bonchev–Trinajstić information content (AvgIpc) is 2.70. The summed E-state index contributed by atoms with van der Waals surface area (Å²) >= 11 is 0. The third kappa shape index (κ3) is 2.25. The summed E-state index contributed by atoms with van der Waals surface area (Å²) in [5, 5.41) is 16.3. The van der Waals surface area contributed by atoms with Gasteiger partial charge in [0.25, 0.3) is 0 Å². The highest BCUT2D eigenvalue weighted by Gasteiger charge is 2.10. The van der Waals surface area contributed by atoms with E-state index in [0.29, 0.717) is 11.6 Å². The Morgan fingerprint density at radius 1 is 1.47 bits per heavy atom. The van der Waals surface area contributed by atoms with Crippen molar-refractivity contribution in [3.8, 4) is 0 Å². The molecule has 2 aromatic rings. The predicted octanol–water partition coefficient (Wildman–Crippen LogP) is 0.907. The van der Waals surface area contributed by atoms with Gasteiger partial charge in [0.15, 0.2) is 5.82 Å². The number of halogens is 1. The molecule has 0 fully saturated rings. The third-order valence-electron chi connectivity index (χ3n) is 1.83. The van der Waals surface area contributed by atoms with Crippen molar-refractivity contribution in [2.75, 3.05) is 5.32 Å². The zero-order chi connectivity index (χ0) is 10.7. The molecule has 2 heterocycles. The normalized spacial score (nSPS) is 12.4. The minimum Gasteiger partial charge on any atom is -0.360 e. The van der Waals surface area contributed by atoms with E-state index in [1.54, 1.807) is 12.1 Å². The lowest BCUT2D eigenvalue weighted by molar-refractivity contribution is 0.584. The first-order chi connectivity index (χ1) is 7.25. The molecule has 2 N–H and O–H groups in total. The molecule has 0 aliphatic rings. The van der Waals surface area contributed by atoms with Crippen LogP contribution in [0.25, 0.3) is 0 Å². The molecule has 0 aromatic carbocycles. The molecule has 0 aliphatic heterocycles. The second-order valence-corrected chi connectivity index (χ2v) is 2.98. The molecule has 2 rings (SSSR count). The highest BCUT2D eigenvalue weighted by molar-refractivity contribution is 5.35. The molecular weight excluding hydrogens is 199 g/mol. The van der Waals surface area contributed by atoms with Gasteiger partial charge in [0.05, 0.1) is 6.04 Å². The summed E-state index contributed by atoms with van der Waals surface area (Å²) in [6.45, 7) is 1.83. The van der Waals surface area contributed by atoms with Gasteiger partial charge in [-0.05, 0) is 19.1 Å². The standard InChI is InChI=1S/C8H9FN6/c1-5(8-12-14-15-13-8)10-7-4-2-3-6(9)11-7/h2-5H,1H3,(H,10,11)(H,12,13,14,15). The van der Waals surface area contributed by atoms with Gasteiger partial charge >= 0.3 is 0 Å². The number of aromatic amines is 1. The number of rotatable bonds is 3. The molecule has 0 amide bonds. The number of pyridine rings is 1. The zero-order valence-electron chi connectivity index (χ0n) is 7.98. The lowest BCUT2D eigenvalue weighted by Crippen LogP contribution is -2.10. The van der Waals surface area contributed by atoms with Gasteiger partial charge in [0, 0.05) is 0 Å². The zero-order valence-corrected chi connectivity index (χ0v) is 7.98. The fourth-order valence-corrected chi connectivity index (χ4v) is 1.13. The maximum absolute atomic E-state index is 12.8. The fourth-order valence-electron chi connectivity index (χ4n) is 1.13. The molecule has 78 valence electrons. The van der Waals surface area contributed by atoms with Gasteiger partial charge in [-0.15, -0.1) is 10.2 Å². The first-order valence-electron chi connectivity index (χ1n) is 4.38. The highest BCUT2D eigenvalue weighted by atomic mass is 19.1. The van der Waals surface area contributed by atoms with Gasteiger partial charge in [0.2, 0.25) is 5.95 Å². The fraction of sp³-hybridized carbons (Fsp3) is 0.250. The maximum Gasteiger partial charge on any atom is 0.214 e. The van der Waals surface area contributed by atoms with Crippen LogP contribution in [0.1, 0.15) is 18.8 Å². The summed E-state index contributed by atoms with van der Waals surface area (Å²) in [7, 11) is 0. The molecule has 0 saturated heterocycles. The van der Waals surface area contributed by atoms with Crippen molar-refractivity contribution >= 4 is 5.82 Å². The summed E-state index contributed by atoms with van der Waals surface area (Å²) in [5.74, 6) is 0.411. The van der Waals surface area contributed by atoms with Crippen LogP contribution < -0.4 is 5.32 Å². The SMILES string of the molecule is CC(Nc1cccc(F)n1)c1nn[nH]n1. The van der Waals surface area contributed by atoms with Gasteiger partial charge in [0.1, 0.15) is 5.82 Å². The van der Waals surface area contributed by atoms with Crippen molar-refractivity contribution in [3.63, 3.8) is 0 Å². The van der Waals surface area contributed by atoms with Crippen LogP contribution in [0, 0.1) is 5.95 Å². The molecule has 0 spiro atoms. The van der Waals surface area contributed by atoms with E-state index in [1.165, 1.54) is 6.07 Å². The lowest BCUT2D eigenvalue weighted by atomic mass is 10.3. The Balaban J connectivity index is 2.09. The van der Waals surface area contributed by atoms with E-state index < -0.39 is 5.95 Å². The molecule has 7 heteroatoms. The second kappa shape index (κ2) is 3.99. The van der Waals surface area contributed by atoms with E-state index in [2.05, 4.69) is 30.9 Å². The van der Waals surface area contributed by atoms with Crippen LogP contribution in [0.3, 0.4) is 0 Å². The van der Waals surface area contributed by atoms with Crippen molar-refractivity contribution in [2.45, 2.75) is 13.0 Å². The van der Waals surface area contributed by atoms with Gasteiger partial charge in [-0.1, -0.05) is 11.3 Å². The van der Waals surface area contributed by atoms with Gasteiger partial charge in [-0.2, -0.15) is 9.60 Å².